The van der Waals surface area contributed by atoms with Gasteiger partial charge in [-0.3, -0.25) is 10.1 Å². The van der Waals surface area contributed by atoms with Gasteiger partial charge >= 0.3 is 5.69 Å². The van der Waals surface area contributed by atoms with Crippen molar-refractivity contribution in [3.05, 3.63) is 16.4 Å². The molecule has 1 aromatic heterocycles. The summed E-state index contributed by atoms with van der Waals surface area (Å²) >= 11 is 0. The minimum Gasteiger partial charge on any atom is -0.383 e. The van der Waals surface area contributed by atoms with Crippen molar-refractivity contribution in [3.8, 4) is 0 Å². The Balaban J connectivity index is 2.38. The average Bonchev–Trinajstić information content (AvgIpc) is 2.58. The van der Waals surface area contributed by atoms with Crippen LogP contribution in [-0.4, -0.2) is 54.8 Å². The summed E-state index contributed by atoms with van der Waals surface area (Å²) in [6.45, 7) is 5.42. The lowest BCUT2D eigenvalue weighted by Crippen LogP contribution is -2.33. The second-order valence-corrected chi connectivity index (χ2v) is 5.65. The van der Waals surface area contributed by atoms with Gasteiger partial charge < -0.3 is 14.5 Å². The van der Waals surface area contributed by atoms with Crippen LogP contribution in [0.2, 0.25) is 0 Å². The van der Waals surface area contributed by atoms with Gasteiger partial charge in [-0.2, -0.15) is 0 Å². The van der Waals surface area contributed by atoms with Crippen LogP contribution < -0.4 is 9.80 Å². The number of hydrogen-bond donors (Lipinski definition) is 0. The summed E-state index contributed by atoms with van der Waals surface area (Å²) in [6.07, 6.45) is 5.56. The Labute approximate surface area is 136 Å². The maximum Gasteiger partial charge on any atom is 0.353 e. The molecular weight excluding hydrogens is 298 g/mol. The molecule has 0 saturated carbocycles. The Morgan fingerprint density at radius 3 is 2.65 bits per heavy atom. The highest BCUT2D eigenvalue weighted by Crippen LogP contribution is 2.35. The molecule has 0 amide bonds. The summed E-state index contributed by atoms with van der Waals surface area (Å²) in [7, 11) is 1.62. The van der Waals surface area contributed by atoms with Crippen LogP contribution in [0.1, 0.15) is 32.6 Å². The highest BCUT2D eigenvalue weighted by atomic mass is 16.6. The first-order valence-electron chi connectivity index (χ1n) is 8.17. The maximum absolute atomic E-state index is 11.7. The van der Waals surface area contributed by atoms with Crippen molar-refractivity contribution >= 4 is 17.3 Å². The standard InChI is InChI=1S/C15H25N5O3/c1-3-7-18(10-11-23-2)14-13(20(21)22)15(17-12-16-14)19-8-5-4-6-9-19/h12H,3-11H2,1-2H3. The number of nitrogens with zero attached hydrogens (tertiary/aromatic N) is 5. The average molecular weight is 323 g/mol. The molecule has 2 heterocycles. The van der Waals surface area contributed by atoms with Crippen molar-refractivity contribution in [1.82, 2.24) is 9.97 Å². The van der Waals surface area contributed by atoms with Crippen LogP contribution in [0.15, 0.2) is 6.33 Å². The van der Waals surface area contributed by atoms with Crippen LogP contribution in [0.25, 0.3) is 0 Å². The molecule has 0 atom stereocenters. The fourth-order valence-electron chi connectivity index (χ4n) is 2.89. The molecule has 0 aromatic carbocycles. The predicted molar refractivity (Wildman–Crippen MR) is 89.1 cm³/mol. The molecule has 1 aromatic rings. The van der Waals surface area contributed by atoms with Gasteiger partial charge in [0.15, 0.2) is 0 Å². The quantitative estimate of drug-likeness (QED) is 0.535. The number of hydrogen-bond acceptors (Lipinski definition) is 7. The summed E-state index contributed by atoms with van der Waals surface area (Å²) in [5, 5.41) is 11.7. The molecule has 1 fully saturated rings. The molecule has 0 radical (unpaired) electrons. The second-order valence-electron chi connectivity index (χ2n) is 5.65. The van der Waals surface area contributed by atoms with Gasteiger partial charge in [0.1, 0.15) is 6.33 Å². The van der Waals surface area contributed by atoms with E-state index < -0.39 is 0 Å². The minimum atomic E-state index is -0.352. The van der Waals surface area contributed by atoms with E-state index in [1.54, 1.807) is 7.11 Å². The van der Waals surface area contributed by atoms with Gasteiger partial charge in [0.05, 0.1) is 11.5 Å². The van der Waals surface area contributed by atoms with E-state index >= 15 is 0 Å². The van der Waals surface area contributed by atoms with Crippen LogP contribution in [-0.2, 0) is 4.74 Å². The fourth-order valence-corrected chi connectivity index (χ4v) is 2.89. The molecule has 1 aliphatic rings. The molecule has 0 aliphatic carbocycles. The van der Waals surface area contributed by atoms with Gasteiger partial charge in [-0.05, 0) is 25.7 Å². The normalized spacial score (nSPS) is 14.8. The molecule has 0 bridgehead atoms. The minimum absolute atomic E-state index is 0.0129. The number of nitro groups is 1. The molecule has 1 aliphatic heterocycles. The molecule has 1 saturated heterocycles. The molecule has 128 valence electrons. The lowest BCUT2D eigenvalue weighted by molar-refractivity contribution is -0.383. The number of methoxy groups -OCH3 is 1. The van der Waals surface area contributed by atoms with Crippen LogP contribution in [0.4, 0.5) is 17.3 Å². The Morgan fingerprint density at radius 1 is 1.30 bits per heavy atom. The van der Waals surface area contributed by atoms with Crippen molar-refractivity contribution in [3.63, 3.8) is 0 Å². The lowest BCUT2D eigenvalue weighted by atomic mass is 10.1. The Hall–Kier alpha value is -1.96. The zero-order valence-corrected chi connectivity index (χ0v) is 13.9. The van der Waals surface area contributed by atoms with Crippen molar-refractivity contribution in [2.45, 2.75) is 32.6 Å². The van der Waals surface area contributed by atoms with Gasteiger partial charge in [0.25, 0.3) is 0 Å². The van der Waals surface area contributed by atoms with E-state index in [1.807, 2.05) is 16.7 Å². The van der Waals surface area contributed by atoms with Gasteiger partial charge in [-0.25, -0.2) is 9.97 Å². The third-order valence-electron chi connectivity index (χ3n) is 3.98. The Kier molecular flexibility index (Phi) is 6.52. The number of piperidine rings is 1. The monoisotopic (exact) mass is 323 g/mol. The second kappa shape index (κ2) is 8.61. The Morgan fingerprint density at radius 2 is 2.04 bits per heavy atom. The van der Waals surface area contributed by atoms with Crippen molar-refractivity contribution < 1.29 is 9.66 Å². The zero-order chi connectivity index (χ0) is 16.7. The molecule has 2 rings (SSSR count). The summed E-state index contributed by atoms with van der Waals surface area (Å²) in [4.78, 5) is 23.7. The van der Waals surface area contributed by atoms with Crippen molar-refractivity contribution in [2.24, 2.45) is 0 Å². The summed E-state index contributed by atoms with van der Waals surface area (Å²) in [6, 6.07) is 0. The number of anilines is 2. The van der Waals surface area contributed by atoms with Crippen LogP contribution >= 0.6 is 0 Å². The van der Waals surface area contributed by atoms with Crippen LogP contribution in [0, 0.1) is 10.1 Å². The highest BCUT2D eigenvalue weighted by Gasteiger charge is 2.30. The van der Waals surface area contributed by atoms with E-state index in [9.17, 15) is 10.1 Å². The number of rotatable bonds is 8. The highest BCUT2D eigenvalue weighted by molar-refractivity contribution is 5.71. The van der Waals surface area contributed by atoms with E-state index in [0.717, 1.165) is 38.8 Å². The molecule has 8 nitrogen and oxygen atoms in total. The van der Waals surface area contributed by atoms with Crippen molar-refractivity contribution in [2.75, 3.05) is 49.7 Å². The first kappa shape index (κ1) is 17.4. The topological polar surface area (TPSA) is 84.6 Å². The fraction of sp³-hybridized carbons (Fsp3) is 0.733. The van der Waals surface area contributed by atoms with Gasteiger partial charge in [-0.15, -0.1) is 0 Å². The summed E-state index contributed by atoms with van der Waals surface area (Å²) in [5.74, 6) is 0.836. The molecular formula is C15H25N5O3. The van der Waals surface area contributed by atoms with Gasteiger partial charge in [0.2, 0.25) is 11.6 Å². The van der Waals surface area contributed by atoms with Gasteiger partial charge in [0, 0.05) is 33.3 Å². The van der Waals surface area contributed by atoms with Crippen LogP contribution in [0.3, 0.4) is 0 Å². The van der Waals surface area contributed by atoms with Gasteiger partial charge in [-0.1, -0.05) is 6.92 Å². The predicted octanol–water partition coefficient (Wildman–Crippen LogP) is 2.24. The van der Waals surface area contributed by atoms with Crippen molar-refractivity contribution in [1.29, 1.82) is 0 Å². The smallest absolute Gasteiger partial charge is 0.353 e. The first-order valence-corrected chi connectivity index (χ1v) is 8.17. The largest absolute Gasteiger partial charge is 0.383 e. The summed E-state index contributed by atoms with van der Waals surface area (Å²) < 4.78 is 5.12. The van der Waals surface area contributed by atoms with E-state index in [2.05, 4.69) is 9.97 Å². The number of ether oxygens (including phenoxy) is 1. The number of aromatic nitrogens is 2. The SMILES string of the molecule is CCCN(CCOC)c1ncnc(N2CCCCC2)c1[N+](=O)[O-]. The van der Waals surface area contributed by atoms with E-state index in [1.165, 1.54) is 6.33 Å². The first-order chi connectivity index (χ1) is 11.2. The molecule has 23 heavy (non-hydrogen) atoms. The van der Waals surface area contributed by atoms with E-state index in [4.69, 9.17) is 4.74 Å². The molecule has 0 unspecified atom stereocenters. The van der Waals surface area contributed by atoms with Crippen LogP contribution in [0.5, 0.6) is 0 Å². The Bertz CT molecular complexity index is 520. The summed E-state index contributed by atoms with van der Waals surface area (Å²) in [5.41, 5.74) is 0.0129. The zero-order valence-electron chi connectivity index (χ0n) is 13.9. The van der Waals surface area contributed by atoms with E-state index in [-0.39, 0.29) is 10.6 Å². The lowest BCUT2D eigenvalue weighted by Gasteiger charge is -2.29. The maximum atomic E-state index is 11.7. The molecule has 8 heteroatoms. The third-order valence-corrected chi connectivity index (χ3v) is 3.98. The van der Waals surface area contributed by atoms with E-state index in [0.29, 0.717) is 31.3 Å². The third kappa shape index (κ3) is 4.28. The molecule has 0 N–H and O–H groups in total. The molecule has 0 spiro atoms.